The molecule has 172 valence electrons. The van der Waals surface area contributed by atoms with Gasteiger partial charge >= 0.3 is 0 Å². The van der Waals surface area contributed by atoms with Gasteiger partial charge in [0.1, 0.15) is 6.54 Å². The number of likely N-dealkylation sites (tertiary alicyclic amines) is 1. The van der Waals surface area contributed by atoms with Gasteiger partial charge in [-0.15, -0.1) is 24.0 Å². The first-order valence-corrected chi connectivity index (χ1v) is 11.0. The summed E-state index contributed by atoms with van der Waals surface area (Å²) in [6, 6.07) is 10.3. The number of nitrogens with zero attached hydrogens (tertiary/aromatic N) is 4. The Kier molecular flexibility index (Phi) is 10.9. The third kappa shape index (κ3) is 7.86. The summed E-state index contributed by atoms with van der Waals surface area (Å²) in [5.41, 5.74) is 1.21. The molecule has 31 heavy (non-hydrogen) atoms. The molecule has 1 aromatic rings. The van der Waals surface area contributed by atoms with Crippen LogP contribution in [0.4, 0.5) is 5.69 Å². The molecule has 8 nitrogen and oxygen atoms in total. The van der Waals surface area contributed by atoms with Crippen LogP contribution in [0.1, 0.15) is 26.2 Å². The van der Waals surface area contributed by atoms with E-state index in [0.29, 0.717) is 25.5 Å². The van der Waals surface area contributed by atoms with E-state index in [0.717, 1.165) is 52.1 Å². The van der Waals surface area contributed by atoms with Crippen LogP contribution in [0.5, 0.6) is 0 Å². The van der Waals surface area contributed by atoms with Gasteiger partial charge in [-0.25, -0.2) is 4.99 Å². The lowest BCUT2D eigenvalue weighted by atomic mass is 10.2. The van der Waals surface area contributed by atoms with E-state index >= 15 is 0 Å². The SMILES string of the molecule is CCNC(=NCC(=O)N1CCCC1)NCCC(=O)N1CCN(c2ccccc2)CC1.I. The summed E-state index contributed by atoms with van der Waals surface area (Å²) in [7, 11) is 0. The van der Waals surface area contributed by atoms with Gasteiger partial charge in [0, 0.05) is 64.5 Å². The van der Waals surface area contributed by atoms with E-state index in [-0.39, 0.29) is 42.3 Å². The van der Waals surface area contributed by atoms with E-state index in [9.17, 15) is 9.59 Å². The number of carbonyl (C=O) groups excluding carboxylic acids is 2. The quantitative estimate of drug-likeness (QED) is 0.311. The van der Waals surface area contributed by atoms with Crippen molar-refractivity contribution < 1.29 is 9.59 Å². The lowest BCUT2D eigenvalue weighted by molar-refractivity contribution is -0.131. The summed E-state index contributed by atoms with van der Waals surface area (Å²) >= 11 is 0. The smallest absolute Gasteiger partial charge is 0.244 e. The molecule has 2 aliphatic heterocycles. The second-order valence-corrected chi connectivity index (χ2v) is 7.66. The number of benzene rings is 1. The van der Waals surface area contributed by atoms with Gasteiger partial charge in [0.15, 0.2) is 5.96 Å². The maximum absolute atomic E-state index is 12.6. The Labute approximate surface area is 202 Å². The lowest BCUT2D eigenvalue weighted by Crippen LogP contribution is -2.49. The van der Waals surface area contributed by atoms with E-state index in [2.05, 4.69) is 32.7 Å². The van der Waals surface area contributed by atoms with E-state index in [1.807, 2.05) is 34.9 Å². The van der Waals surface area contributed by atoms with Crippen molar-refractivity contribution in [3.05, 3.63) is 30.3 Å². The Balaban J connectivity index is 0.00000341. The van der Waals surface area contributed by atoms with Gasteiger partial charge in [-0.2, -0.15) is 0 Å². The predicted molar refractivity (Wildman–Crippen MR) is 135 cm³/mol. The number of nitrogens with one attached hydrogen (secondary N) is 2. The highest BCUT2D eigenvalue weighted by Crippen LogP contribution is 2.15. The van der Waals surface area contributed by atoms with Crippen LogP contribution in [0.25, 0.3) is 0 Å². The molecule has 0 aliphatic carbocycles. The topological polar surface area (TPSA) is 80.3 Å². The van der Waals surface area contributed by atoms with Crippen molar-refractivity contribution in [3.63, 3.8) is 0 Å². The fraction of sp³-hybridized carbons (Fsp3) is 0.591. The molecule has 0 bridgehead atoms. The second kappa shape index (κ2) is 13.4. The van der Waals surface area contributed by atoms with Gasteiger partial charge in [0.25, 0.3) is 0 Å². The number of hydrogen-bond donors (Lipinski definition) is 2. The highest BCUT2D eigenvalue weighted by Gasteiger charge is 2.21. The van der Waals surface area contributed by atoms with Crippen LogP contribution in [0.15, 0.2) is 35.3 Å². The van der Waals surface area contributed by atoms with E-state index in [4.69, 9.17) is 0 Å². The summed E-state index contributed by atoms with van der Waals surface area (Å²) in [4.78, 5) is 35.2. The van der Waals surface area contributed by atoms with Crippen LogP contribution in [0.3, 0.4) is 0 Å². The first kappa shape index (κ1) is 25.2. The number of anilines is 1. The molecule has 9 heteroatoms. The minimum Gasteiger partial charge on any atom is -0.368 e. The van der Waals surface area contributed by atoms with Crippen LogP contribution >= 0.6 is 24.0 Å². The Bertz CT molecular complexity index is 716. The molecule has 2 fully saturated rings. The molecule has 2 heterocycles. The first-order valence-electron chi connectivity index (χ1n) is 11.0. The largest absolute Gasteiger partial charge is 0.368 e. The third-order valence-electron chi connectivity index (χ3n) is 5.56. The highest BCUT2D eigenvalue weighted by molar-refractivity contribution is 14.0. The van der Waals surface area contributed by atoms with Crippen molar-refractivity contribution in [1.29, 1.82) is 0 Å². The van der Waals surface area contributed by atoms with Crippen molar-refractivity contribution in [3.8, 4) is 0 Å². The maximum Gasteiger partial charge on any atom is 0.244 e. The summed E-state index contributed by atoms with van der Waals surface area (Å²) in [5.74, 6) is 0.808. The molecular weight excluding hydrogens is 507 g/mol. The van der Waals surface area contributed by atoms with E-state index in [1.165, 1.54) is 5.69 Å². The normalized spacial score (nSPS) is 16.7. The summed E-state index contributed by atoms with van der Waals surface area (Å²) < 4.78 is 0. The van der Waals surface area contributed by atoms with Crippen LogP contribution in [0, 0.1) is 0 Å². The number of aliphatic imine (C=N–C) groups is 1. The minimum absolute atomic E-state index is 0. The second-order valence-electron chi connectivity index (χ2n) is 7.66. The van der Waals surface area contributed by atoms with Gasteiger partial charge in [0.05, 0.1) is 0 Å². The fourth-order valence-corrected chi connectivity index (χ4v) is 3.85. The monoisotopic (exact) mass is 542 g/mol. The van der Waals surface area contributed by atoms with Crippen LogP contribution in [-0.4, -0.2) is 86.5 Å². The average Bonchev–Trinajstić information content (AvgIpc) is 3.33. The van der Waals surface area contributed by atoms with E-state index < -0.39 is 0 Å². The van der Waals surface area contributed by atoms with Crippen molar-refractivity contribution >= 4 is 47.4 Å². The van der Waals surface area contributed by atoms with Crippen LogP contribution < -0.4 is 15.5 Å². The number of guanidine groups is 1. The Morgan fingerprint density at radius 1 is 0.903 bits per heavy atom. The number of halogens is 1. The van der Waals surface area contributed by atoms with Gasteiger partial charge in [-0.05, 0) is 31.9 Å². The fourth-order valence-electron chi connectivity index (χ4n) is 3.85. The Morgan fingerprint density at radius 3 is 2.19 bits per heavy atom. The van der Waals surface area contributed by atoms with Crippen molar-refractivity contribution in [2.24, 2.45) is 4.99 Å². The molecule has 2 N–H and O–H groups in total. The number of rotatable bonds is 7. The molecule has 0 unspecified atom stereocenters. The molecule has 1 aromatic carbocycles. The van der Waals surface area contributed by atoms with Crippen molar-refractivity contribution in [1.82, 2.24) is 20.4 Å². The highest BCUT2D eigenvalue weighted by atomic mass is 127. The van der Waals surface area contributed by atoms with Crippen LogP contribution in [-0.2, 0) is 9.59 Å². The Hall–Kier alpha value is -2.04. The van der Waals surface area contributed by atoms with Gasteiger partial charge < -0.3 is 25.3 Å². The first-order chi connectivity index (χ1) is 14.7. The summed E-state index contributed by atoms with van der Waals surface area (Å²) in [5, 5.41) is 6.32. The lowest BCUT2D eigenvalue weighted by Gasteiger charge is -2.36. The molecule has 0 atom stereocenters. The minimum atomic E-state index is 0. The van der Waals surface area contributed by atoms with E-state index in [1.54, 1.807) is 0 Å². The number of piperazine rings is 1. The standard InChI is InChI=1S/C22H34N6O2.HI/c1-2-23-22(25-18-21(30)27-12-6-7-13-27)24-11-10-20(29)28-16-14-26(15-17-28)19-8-4-3-5-9-19;/h3-5,8-9H,2,6-7,10-18H2,1H3,(H2,23,24,25);1H. The van der Waals surface area contributed by atoms with Crippen molar-refractivity contribution in [2.75, 3.05) is 63.8 Å². The van der Waals surface area contributed by atoms with Gasteiger partial charge in [0.2, 0.25) is 11.8 Å². The molecule has 0 radical (unpaired) electrons. The zero-order chi connectivity index (χ0) is 21.2. The maximum atomic E-state index is 12.6. The average molecular weight is 542 g/mol. The molecule has 2 saturated heterocycles. The number of amides is 2. The zero-order valence-corrected chi connectivity index (χ0v) is 20.7. The Morgan fingerprint density at radius 2 is 1.55 bits per heavy atom. The summed E-state index contributed by atoms with van der Waals surface area (Å²) in [6.45, 7) is 8.20. The molecule has 0 spiro atoms. The third-order valence-corrected chi connectivity index (χ3v) is 5.56. The number of carbonyl (C=O) groups is 2. The van der Waals surface area contributed by atoms with Crippen molar-refractivity contribution in [2.45, 2.75) is 26.2 Å². The van der Waals surface area contributed by atoms with Gasteiger partial charge in [-0.3, -0.25) is 9.59 Å². The molecule has 2 aliphatic rings. The van der Waals surface area contributed by atoms with Gasteiger partial charge in [-0.1, -0.05) is 18.2 Å². The molecule has 3 rings (SSSR count). The molecule has 2 amide bonds. The zero-order valence-electron chi connectivity index (χ0n) is 18.4. The predicted octanol–water partition coefficient (Wildman–Crippen LogP) is 1.52. The molecule has 0 saturated carbocycles. The van der Waals surface area contributed by atoms with Crippen LogP contribution in [0.2, 0.25) is 0 Å². The number of hydrogen-bond acceptors (Lipinski definition) is 4. The summed E-state index contributed by atoms with van der Waals surface area (Å²) in [6.07, 6.45) is 2.57. The number of para-hydroxylation sites is 1. The molecular formula is C22H35IN6O2. The molecule has 0 aromatic heterocycles.